The van der Waals surface area contributed by atoms with Crippen LogP contribution in [0.15, 0.2) is 182 Å². The summed E-state index contributed by atoms with van der Waals surface area (Å²) in [7, 11) is 0. The van der Waals surface area contributed by atoms with Crippen LogP contribution >= 0.6 is 22.7 Å². The molecule has 0 aliphatic rings. The number of nitrogens with zero attached hydrogens (tertiary/aromatic N) is 4. The van der Waals surface area contributed by atoms with Crippen molar-refractivity contribution in [1.29, 1.82) is 0 Å². The topological polar surface area (TPSA) is 35.6 Å². The fourth-order valence-corrected chi connectivity index (χ4v) is 12.4. The molecule has 0 saturated heterocycles. The lowest BCUT2D eigenvalue weighted by Crippen LogP contribution is -2.04. The monoisotopic (exact) mass is 798 g/mol. The van der Waals surface area contributed by atoms with E-state index in [9.17, 15) is 0 Å². The van der Waals surface area contributed by atoms with Gasteiger partial charge in [0, 0.05) is 89.3 Å². The number of rotatable bonds is 3. The van der Waals surface area contributed by atoms with Crippen molar-refractivity contribution in [3.63, 3.8) is 0 Å². The molecule has 0 aliphatic heterocycles. The van der Waals surface area contributed by atoms with Gasteiger partial charge in [0.15, 0.2) is 0 Å². The molecule has 278 valence electrons. The highest BCUT2D eigenvalue weighted by molar-refractivity contribution is 7.27. The zero-order valence-corrected chi connectivity index (χ0v) is 33.6. The highest BCUT2D eigenvalue weighted by atomic mass is 32.1. The Bertz CT molecular complexity index is 4130. The van der Waals surface area contributed by atoms with Gasteiger partial charge in [-0.3, -0.25) is 4.57 Å². The predicted molar refractivity (Wildman–Crippen MR) is 257 cm³/mol. The lowest BCUT2D eigenvalue weighted by Gasteiger charge is -2.14. The average molecular weight is 799 g/mol. The van der Waals surface area contributed by atoms with E-state index in [-0.39, 0.29) is 0 Å². The molecular weight excluding hydrogens is 769 g/mol. The molecule has 0 radical (unpaired) electrons. The van der Waals surface area contributed by atoms with E-state index in [4.69, 9.17) is 9.97 Å². The summed E-state index contributed by atoms with van der Waals surface area (Å²) in [6, 6.07) is 65.9. The van der Waals surface area contributed by atoms with Crippen LogP contribution in [0.4, 0.5) is 0 Å². The molecule has 14 rings (SSSR count). The Morgan fingerprint density at radius 2 is 1.00 bits per heavy atom. The molecule has 0 saturated carbocycles. The summed E-state index contributed by atoms with van der Waals surface area (Å²) in [5.74, 6) is 0.666. The first kappa shape index (κ1) is 32.6. The van der Waals surface area contributed by atoms with Gasteiger partial charge in [0.25, 0.3) is 0 Å². The highest BCUT2D eigenvalue weighted by Crippen LogP contribution is 2.51. The van der Waals surface area contributed by atoms with Gasteiger partial charge in [-0.05, 0) is 60.7 Å². The molecule has 6 heteroatoms. The maximum Gasteiger partial charge on any atom is 0.235 e. The maximum absolute atomic E-state index is 5.65. The Morgan fingerprint density at radius 3 is 1.82 bits per heavy atom. The summed E-state index contributed by atoms with van der Waals surface area (Å²) in [6.45, 7) is 0. The van der Waals surface area contributed by atoms with Crippen LogP contribution in [-0.2, 0) is 0 Å². The molecule has 5 heterocycles. The third-order valence-electron chi connectivity index (χ3n) is 12.5. The van der Waals surface area contributed by atoms with Crippen LogP contribution in [0, 0.1) is 0 Å². The molecule has 0 bridgehead atoms. The second kappa shape index (κ2) is 12.1. The van der Waals surface area contributed by atoms with Crippen molar-refractivity contribution in [3.8, 4) is 22.9 Å². The van der Waals surface area contributed by atoms with E-state index < -0.39 is 0 Å². The zero-order chi connectivity index (χ0) is 39.1. The second-order valence-electron chi connectivity index (χ2n) is 15.6. The Labute approximate surface area is 350 Å². The predicted octanol–water partition coefficient (Wildman–Crippen LogP) is 15.4. The Balaban J connectivity index is 1.13. The number of aromatic nitrogens is 4. The minimum Gasteiger partial charge on any atom is -0.309 e. The summed E-state index contributed by atoms with van der Waals surface area (Å²) in [6.07, 6.45) is 0. The van der Waals surface area contributed by atoms with Crippen LogP contribution in [0.1, 0.15) is 0 Å². The molecule has 0 amide bonds. The third kappa shape index (κ3) is 4.33. The normalized spacial score (nSPS) is 12.3. The summed E-state index contributed by atoms with van der Waals surface area (Å²) < 4.78 is 9.92. The first-order valence-corrected chi connectivity index (χ1v) is 21.9. The van der Waals surface area contributed by atoms with Crippen LogP contribution in [0.3, 0.4) is 0 Å². The van der Waals surface area contributed by atoms with E-state index in [2.05, 4.69) is 191 Å². The Morgan fingerprint density at radius 1 is 0.367 bits per heavy atom. The van der Waals surface area contributed by atoms with Gasteiger partial charge in [-0.2, -0.15) is 0 Å². The molecule has 0 aliphatic carbocycles. The maximum atomic E-state index is 5.65. The fourth-order valence-electron chi connectivity index (χ4n) is 10.0. The summed E-state index contributed by atoms with van der Waals surface area (Å²) >= 11 is 3.77. The van der Waals surface area contributed by atoms with Crippen LogP contribution in [0.5, 0.6) is 0 Å². The molecule has 0 atom stereocenters. The minimum atomic E-state index is 0.666. The van der Waals surface area contributed by atoms with Gasteiger partial charge in [-0.15, -0.1) is 22.7 Å². The summed E-state index contributed by atoms with van der Waals surface area (Å²) in [5, 5.41) is 13.7. The fraction of sp³-hybridized carbons (Fsp3) is 0. The number of thiophene rings is 2. The van der Waals surface area contributed by atoms with Crippen LogP contribution in [0.2, 0.25) is 0 Å². The molecule has 60 heavy (non-hydrogen) atoms. The van der Waals surface area contributed by atoms with Gasteiger partial charge in [0.2, 0.25) is 5.95 Å². The molecule has 0 spiro atoms. The van der Waals surface area contributed by atoms with Gasteiger partial charge in [-0.25, -0.2) is 9.97 Å². The standard InChI is InChI=1S/C54H30N4S2/c1-2-14-32(15-3-1)57-41-22-10-5-16-33(41)39-30-31(26-28-43(39)57)51-34-17-4-9-21-40(34)55-54(56-51)58-42-23-11-6-18-35(42)50-52(58)38-27-29-46-47(36-19-7-12-24-44(36)59-46)48(38)49-37-20-8-13-25-45(37)60-53(49)50/h1-30H. The zero-order valence-electron chi connectivity index (χ0n) is 31.9. The van der Waals surface area contributed by atoms with Crippen molar-refractivity contribution >= 4 is 128 Å². The smallest absolute Gasteiger partial charge is 0.235 e. The van der Waals surface area contributed by atoms with Crippen molar-refractivity contribution in [2.75, 3.05) is 0 Å². The molecule has 0 fully saturated rings. The van der Waals surface area contributed by atoms with Gasteiger partial charge >= 0.3 is 0 Å². The number of para-hydroxylation sites is 4. The summed E-state index contributed by atoms with van der Waals surface area (Å²) in [5.41, 5.74) is 8.61. The third-order valence-corrected chi connectivity index (χ3v) is 14.8. The molecule has 0 N–H and O–H groups in total. The Kier molecular flexibility index (Phi) is 6.56. The first-order chi connectivity index (χ1) is 29.8. The van der Waals surface area contributed by atoms with Crippen molar-refractivity contribution in [1.82, 2.24) is 19.1 Å². The first-order valence-electron chi connectivity index (χ1n) is 20.2. The van der Waals surface area contributed by atoms with E-state index in [1.165, 1.54) is 83.7 Å². The largest absolute Gasteiger partial charge is 0.309 e. The lowest BCUT2D eigenvalue weighted by atomic mass is 9.96. The van der Waals surface area contributed by atoms with Gasteiger partial charge in [0.05, 0.1) is 33.3 Å². The number of hydrogen-bond donors (Lipinski definition) is 0. The molecule has 0 unspecified atom stereocenters. The van der Waals surface area contributed by atoms with Crippen molar-refractivity contribution in [2.24, 2.45) is 0 Å². The van der Waals surface area contributed by atoms with E-state index in [1.807, 2.05) is 22.7 Å². The number of fused-ring (bicyclic) bond motifs is 18. The van der Waals surface area contributed by atoms with Gasteiger partial charge in [-0.1, -0.05) is 121 Å². The number of benzene rings is 9. The minimum absolute atomic E-state index is 0.666. The molecule has 14 aromatic rings. The van der Waals surface area contributed by atoms with E-state index in [0.717, 1.165) is 38.9 Å². The van der Waals surface area contributed by atoms with Crippen molar-refractivity contribution in [2.45, 2.75) is 0 Å². The molecular formula is C54H30N4S2. The SMILES string of the molecule is c1ccc(-n2c3ccccc3c3cc(-c4nc(-n5c6ccccc6c6c7sc8ccccc8c7c7c(ccc8sc9ccccc9c87)c65)nc5ccccc45)ccc32)cc1. The summed E-state index contributed by atoms with van der Waals surface area (Å²) in [4.78, 5) is 11.1. The van der Waals surface area contributed by atoms with E-state index in [0.29, 0.717) is 5.95 Å². The molecule has 9 aromatic carbocycles. The van der Waals surface area contributed by atoms with Gasteiger partial charge in [0.1, 0.15) is 0 Å². The highest BCUT2D eigenvalue weighted by Gasteiger charge is 2.26. The molecule has 5 aromatic heterocycles. The number of hydrogen-bond acceptors (Lipinski definition) is 4. The lowest BCUT2D eigenvalue weighted by molar-refractivity contribution is 1.02. The van der Waals surface area contributed by atoms with Crippen LogP contribution < -0.4 is 0 Å². The van der Waals surface area contributed by atoms with Crippen molar-refractivity contribution in [3.05, 3.63) is 182 Å². The van der Waals surface area contributed by atoms with Crippen molar-refractivity contribution < 1.29 is 0 Å². The molecule has 4 nitrogen and oxygen atoms in total. The van der Waals surface area contributed by atoms with E-state index >= 15 is 0 Å². The second-order valence-corrected chi connectivity index (χ2v) is 17.8. The van der Waals surface area contributed by atoms with E-state index in [1.54, 1.807) is 0 Å². The Hall–Kier alpha value is -7.38. The van der Waals surface area contributed by atoms with Crippen LogP contribution in [0.25, 0.3) is 129 Å². The van der Waals surface area contributed by atoms with Gasteiger partial charge < -0.3 is 4.57 Å². The quantitative estimate of drug-likeness (QED) is 0.178. The van der Waals surface area contributed by atoms with Crippen LogP contribution in [-0.4, -0.2) is 19.1 Å². The average Bonchev–Trinajstić information content (AvgIpc) is 4.06.